The number of amides is 1. The molecule has 8 nitrogen and oxygen atoms in total. The van der Waals surface area contributed by atoms with E-state index in [1.807, 2.05) is 6.07 Å². The standard InChI is InChI=1S/C14H11N7O/c15-6-9-5-11(17-7-9)14(22)18-8-12-19-13(21-20-12)10-1-3-16-4-2-10/h1-5,7,17H,8H2,(H,18,22)(H,19,20,21). The van der Waals surface area contributed by atoms with Crippen LogP contribution in [0.3, 0.4) is 0 Å². The molecule has 3 rings (SSSR count). The number of nitrogens with one attached hydrogen (secondary N) is 3. The van der Waals surface area contributed by atoms with Crippen LogP contribution in [0, 0.1) is 11.3 Å². The first kappa shape index (κ1) is 13.5. The highest BCUT2D eigenvalue weighted by atomic mass is 16.1. The molecule has 0 fully saturated rings. The molecule has 3 aromatic heterocycles. The van der Waals surface area contributed by atoms with E-state index in [4.69, 9.17) is 5.26 Å². The van der Waals surface area contributed by atoms with E-state index in [9.17, 15) is 4.79 Å². The lowest BCUT2D eigenvalue weighted by Crippen LogP contribution is -2.23. The van der Waals surface area contributed by atoms with Gasteiger partial charge in [-0.25, -0.2) is 4.98 Å². The van der Waals surface area contributed by atoms with Crippen molar-refractivity contribution in [3.63, 3.8) is 0 Å². The Morgan fingerprint density at radius 2 is 2.18 bits per heavy atom. The fourth-order valence-corrected chi connectivity index (χ4v) is 1.85. The summed E-state index contributed by atoms with van der Waals surface area (Å²) in [6, 6.07) is 7.04. The number of hydrogen-bond acceptors (Lipinski definition) is 5. The van der Waals surface area contributed by atoms with Crippen LogP contribution in [-0.2, 0) is 6.54 Å². The minimum atomic E-state index is -0.316. The van der Waals surface area contributed by atoms with E-state index in [0.29, 0.717) is 22.9 Å². The Bertz CT molecular complexity index is 828. The van der Waals surface area contributed by atoms with Gasteiger partial charge in [0.25, 0.3) is 5.91 Å². The zero-order valence-electron chi connectivity index (χ0n) is 11.4. The maximum absolute atomic E-state index is 11.9. The lowest BCUT2D eigenvalue weighted by atomic mass is 10.2. The highest BCUT2D eigenvalue weighted by molar-refractivity contribution is 5.92. The zero-order valence-corrected chi connectivity index (χ0v) is 11.4. The molecule has 0 radical (unpaired) electrons. The molecular formula is C14H11N7O. The molecule has 22 heavy (non-hydrogen) atoms. The fourth-order valence-electron chi connectivity index (χ4n) is 1.85. The molecule has 0 unspecified atom stereocenters. The average Bonchev–Trinajstić information content (AvgIpc) is 3.22. The van der Waals surface area contributed by atoms with Gasteiger partial charge in [-0.2, -0.15) is 10.4 Å². The van der Waals surface area contributed by atoms with E-state index in [0.717, 1.165) is 5.56 Å². The number of nitriles is 1. The summed E-state index contributed by atoms with van der Waals surface area (Å²) in [4.78, 5) is 22.9. The van der Waals surface area contributed by atoms with E-state index < -0.39 is 0 Å². The van der Waals surface area contributed by atoms with Crippen LogP contribution in [0.1, 0.15) is 21.9 Å². The van der Waals surface area contributed by atoms with Gasteiger partial charge in [0.2, 0.25) is 0 Å². The van der Waals surface area contributed by atoms with Gasteiger partial charge in [0, 0.05) is 24.2 Å². The Labute approximate surface area is 125 Å². The second-order valence-corrected chi connectivity index (χ2v) is 4.44. The summed E-state index contributed by atoms with van der Waals surface area (Å²) in [5, 5.41) is 18.3. The van der Waals surface area contributed by atoms with Crippen molar-refractivity contribution in [2.75, 3.05) is 0 Å². The van der Waals surface area contributed by atoms with Crippen molar-refractivity contribution in [2.24, 2.45) is 0 Å². The third kappa shape index (κ3) is 2.83. The number of H-pyrrole nitrogens is 2. The molecular weight excluding hydrogens is 282 g/mol. The molecule has 0 aromatic carbocycles. The van der Waals surface area contributed by atoms with Gasteiger partial charge in [-0.3, -0.25) is 14.9 Å². The van der Waals surface area contributed by atoms with E-state index in [1.165, 1.54) is 12.3 Å². The van der Waals surface area contributed by atoms with Crippen LogP contribution >= 0.6 is 0 Å². The van der Waals surface area contributed by atoms with Crippen molar-refractivity contribution in [3.05, 3.63) is 53.9 Å². The SMILES string of the molecule is N#Cc1c[nH]c(C(=O)NCc2nc(-c3ccncc3)n[nH]2)c1. The predicted molar refractivity (Wildman–Crippen MR) is 76.3 cm³/mol. The molecule has 0 atom stereocenters. The minimum absolute atomic E-state index is 0.206. The summed E-state index contributed by atoms with van der Waals surface area (Å²) in [6.45, 7) is 0.206. The molecule has 0 aliphatic carbocycles. The fraction of sp³-hybridized carbons (Fsp3) is 0.0714. The smallest absolute Gasteiger partial charge is 0.268 e. The van der Waals surface area contributed by atoms with Gasteiger partial charge in [-0.15, -0.1) is 0 Å². The Balaban J connectivity index is 1.64. The summed E-state index contributed by atoms with van der Waals surface area (Å²) in [7, 11) is 0. The number of aromatic amines is 2. The van der Waals surface area contributed by atoms with Gasteiger partial charge in [0.05, 0.1) is 12.1 Å². The molecule has 0 saturated heterocycles. The number of carbonyl (C=O) groups is 1. The maximum atomic E-state index is 11.9. The van der Waals surface area contributed by atoms with Gasteiger partial charge < -0.3 is 10.3 Å². The Hall–Kier alpha value is -3.47. The number of aromatic nitrogens is 5. The summed E-state index contributed by atoms with van der Waals surface area (Å²) < 4.78 is 0. The van der Waals surface area contributed by atoms with E-state index in [1.54, 1.807) is 24.5 Å². The quantitative estimate of drug-likeness (QED) is 0.662. The lowest BCUT2D eigenvalue weighted by Gasteiger charge is -2.00. The maximum Gasteiger partial charge on any atom is 0.268 e. The van der Waals surface area contributed by atoms with Crippen LogP contribution in [0.15, 0.2) is 36.8 Å². The predicted octanol–water partition coefficient (Wildman–Crippen LogP) is 0.996. The Kier molecular flexibility index (Phi) is 3.61. The molecule has 3 aromatic rings. The largest absolute Gasteiger partial charge is 0.356 e. The Morgan fingerprint density at radius 1 is 1.36 bits per heavy atom. The molecule has 0 spiro atoms. The summed E-state index contributed by atoms with van der Waals surface area (Å²) in [5.41, 5.74) is 1.57. The lowest BCUT2D eigenvalue weighted by molar-refractivity contribution is 0.0945. The van der Waals surface area contributed by atoms with Crippen LogP contribution in [0.25, 0.3) is 11.4 Å². The molecule has 0 saturated carbocycles. The Morgan fingerprint density at radius 3 is 2.91 bits per heavy atom. The molecule has 0 bridgehead atoms. The zero-order chi connectivity index (χ0) is 15.4. The molecule has 108 valence electrons. The minimum Gasteiger partial charge on any atom is -0.356 e. The first-order chi connectivity index (χ1) is 10.8. The van der Waals surface area contributed by atoms with Crippen molar-refractivity contribution in [1.82, 2.24) is 30.5 Å². The van der Waals surface area contributed by atoms with Gasteiger partial charge in [-0.1, -0.05) is 0 Å². The molecule has 8 heteroatoms. The number of carbonyl (C=O) groups excluding carboxylic acids is 1. The van der Waals surface area contributed by atoms with E-state index in [-0.39, 0.29) is 12.5 Å². The molecule has 1 amide bonds. The summed E-state index contributed by atoms with van der Waals surface area (Å²) in [5.74, 6) is 0.758. The van der Waals surface area contributed by atoms with Crippen molar-refractivity contribution >= 4 is 5.91 Å². The van der Waals surface area contributed by atoms with Gasteiger partial charge in [0.15, 0.2) is 5.82 Å². The first-order valence-corrected chi connectivity index (χ1v) is 6.44. The van der Waals surface area contributed by atoms with Gasteiger partial charge in [0.1, 0.15) is 17.6 Å². The topological polar surface area (TPSA) is 123 Å². The normalized spacial score (nSPS) is 10.1. The van der Waals surface area contributed by atoms with Crippen LogP contribution in [0.4, 0.5) is 0 Å². The van der Waals surface area contributed by atoms with Crippen molar-refractivity contribution in [1.29, 1.82) is 5.26 Å². The number of pyridine rings is 1. The molecule has 0 aliphatic rings. The van der Waals surface area contributed by atoms with E-state index in [2.05, 4.69) is 30.5 Å². The second kappa shape index (κ2) is 5.88. The van der Waals surface area contributed by atoms with Crippen molar-refractivity contribution in [3.8, 4) is 17.5 Å². The molecule has 3 N–H and O–H groups in total. The average molecular weight is 293 g/mol. The summed E-state index contributed by atoms with van der Waals surface area (Å²) >= 11 is 0. The van der Waals surface area contributed by atoms with Crippen LogP contribution in [0.2, 0.25) is 0 Å². The highest BCUT2D eigenvalue weighted by Gasteiger charge is 2.10. The van der Waals surface area contributed by atoms with Crippen molar-refractivity contribution < 1.29 is 4.79 Å². The molecule has 3 heterocycles. The monoisotopic (exact) mass is 293 g/mol. The second-order valence-electron chi connectivity index (χ2n) is 4.44. The third-order valence-electron chi connectivity index (χ3n) is 2.94. The van der Waals surface area contributed by atoms with Crippen LogP contribution in [0.5, 0.6) is 0 Å². The van der Waals surface area contributed by atoms with Gasteiger partial charge >= 0.3 is 0 Å². The first-order valence-electron chi connectivity index (χ1n) is 6.44. The van der Waals surface area contributed by atoms with Gasteiger partial charge in [-0.05, 0) is 18.2 Å². The highest BCUT2D eigenvalue weighted by Crippen LogP contribution is 2.12. The number of nitrogens with zero attached hydrogens (tertiary/aromatic N) is 4. The summed E-state index contributed by atoms with van der Waals surface area (Å²) in [6.07, 6.45) is 4.79. The third-order valence-corrected chi connectivity index (χ3v) is 2.94. The van der Waals surface area contributed by atoms with Crippen LogP contribution in [-0.4, -0.2) is 31.1 Å². The van der Waals surface area contributed by atoms with Crippen molar-refractivity contribution in [2.45, 2.75) is 6.54 Å². The number of rotatable bonds is 4. The molecule has 0 aliphatic heterocycles. The van der Waals surface area contributed by atoms with E-state index >= 15 is 0 Å². The number of hydrogen-bond donors (Lipinski definition) is 3. The van der Waals surface area contributed by atoms with Crippen LogP contribution < -0.4 is 5.32 Å².